The molecule has 0 saturated heterocycles. The Bertz CT molecular complexity index is 1350. The predicted molar refractivity (Wildman–Crippen MR) is 116 cm³/mol. The predicted octanol–water partition coefficient (Wildman–Crippen LogP) is 6.34. The van der Waals surface area contributed by atoms with Gasteiger partial charge in [-0.3, -0.25) is 4.79 Å². The number of nitrogens with zero attached hydrogens (tertiary/aromatic N) is 6. The van der Waals surface area contributed by atoms with Crippen molar-refractivity contribution in [3.05, 3.63) is 86.5 Å². The molecule has 0 spiro atoms. The van der Waals surface area contributed by atoms with Gasteiger partial charge in [-0.05, 0) is 48.9 Å². The monoisotopic (exact) mass is 471 g/mol. The number of aryl methyl sites for hydroxylation is 1. The number of carbonyl (C=O) groups excluding carboxylic acids is 1. The molecule has 3 rings (SSSR count). The number of nitriles is 1. The number of benzene rings is 2. The van der Waals surface area contributed by atoms with Gasteiger partial charge in [0.1, 0.15) is 16.8 Å². The number of nitrogens with one attached hydrogen (secondary N) is 1. The van der Waals surface area contributed by atoms with Crippen LogP contribution < -0.4 is 5.32 Å². The van der Waals surface area contributed by atoms with E-state index in [4.69, 9.17) is 17.1 Å². The summed E-state index contributed by atoms with van der Waals surface area (Å²) in [6.45, 7) is 1.54. The summed E-state index contributed by atoms with van der Waals surface area (Å²) in [5, 5.41) is 19.5. The van der Waals surface area contributed by atoms with Gasteiger partial charge >= 0.3 is 6.18 Å². The molecule has 0 aliphatic carbocycles. The molecule has 0 saturated carbocycles. The maximum atomic E-state index is 13.0. The lowest BCUT2D eigenvalue weighted by Crippen LogP contribution is -2.13. The lowest BCUT2D eigenvalue weighted by molar-refractivity contribution is -0.137. The van der Waals surface area contributed by atoms with E-state index in [-0.39, 0.29) is 33.4 Å². The molecule has 0 radical (unpaired) electrons. The highest BCUT2D eigenvalue weighted by atomic mass is 35.5. The van der Waals surface area contributed by atoms with Gasteiger partial charge in [0.25, 0.3) is 5.91 Å². The third-order valence-electron chi connectivity index (χ3n) is 4.38. The van der Waals surface area contributed by atoms with Crippen LogP contribution in [-0.4, -0.2) is 15.7 Å². The minimum atomic E-state index is -4.55. The summed E-state index contributed by atoms with van der Waals surface area (Å²) in [6, 6.07) is 12.2. The van der Waals surface area contributed by atoms with Crippen LogP contribution in [0.3, 0.4) is 0 Å². The molecule has 0 bridgehead atoms. The molecule has 12 heteroatoms. The molecule has 1 heterocycles. The Hall–Kier alpha value is -4.26. The van der Waals surface area contributed by atoms with Crippen molar-refractivity contribution in [2.45, 2.75) is 13.1 Å². The minimum absolute atomic E-state index is 0.0652. The summed E-state index contributed by atoms with van der Waals surface area (Å²) in [4.78, 5) is 15.2. The highest BCUT2D eigenvalue weighted by Gasteiger charge is 2.31. The maximum Gasteiger partial charge on any atom is 0.416 e. The van der Waals surface area contributed by atoms with Gasteiger partial charge in [-0.2, -0.15) is 23.5 Å². The van der Waals surface area contributed by atoms with E-state index in [0.29, 0.717) is 5.69 Å². The molecule has 1 amide bonds. The molecule has 1 aromatic heterocycles. The third kappa shape index (κ3) is 5.33. The SMILES string of the molecule is Cc1nn(-c2cccc(C(F)(F)F)c2)c(Cl)c1/C=C(\C#N)C(=O)Nc1cccc(N=[N+]=[N-])c1. The van der Waals surface area contributed by atoms with Gasteiger partial charge < -0.3 is 5.32 Å². The van der Waals surface area contributed by atoms with Crippen molar-refractivity contribution in [2.75, 3.05) is 5.32 Å². The van der Waals surface area contributed by atoms with Crippen molar-refractivity contribution in [1.82, 2.24) is 9.78 Å². The number of amides is 1. The second-order valence-electron chi connectivity index (χ2n) is 6.61. The number of azide groups is 1. The lowest BCUT2D eigenvalue weighted by Gasteiger charge is -2.09. The Labute approximate surface area is 190 Å². The van der Waals surface area contributed by atoms with Gasteiger partial charge in [-0.25, -0.2) is 4.68 Å². The summed E-state index contributed by atoms with van der Waals surface area (Å²) in [6.07, 6.45) is -3.35. The van der Waals surface area contributed by atoms with Gasteiger partial charge in [-0.15, -0.1) is 0 Å². The first-order chi connectivity index (χ1) is 15.6. The van der Waals surface area contributed by atoms with E-state index < -0.39 is 17.6 Å². The van der Waals surface area contributed by atoms with E-state index in [9.17, 15) is 23.2 Å². The average molecular weight is 472 g/mol. The fourth-order valence-electron chi connectivity index (χ4n) is 2.85. The molecular weight excluding hydrogens is 459 g/mol. The Balaban J connectivity index is 1.95. The summed E-state index contributed by atoms with van der Waals surface area (Å²) < 4.78 is 40.2. The molecule has 33 heavy (non-hydrogen) atoms. The van der Waals surface area contributed by atoms with Crippen LogP contribution in [0.25, 0.3) is 22.2 Å². The van der Waals surface area contributed by atoms with Crippen LogP contribution in [-0.2, 0) is 11.0 Å². The number of aromatic nitrogens is 2. The van der Waals surface area contributed by atoms with Gasteiger partial charge in [0.15, 0.2) is 0 Å². The van der Waals surface area contributed by atoms with Crippen molar-refractivity contribution < 1.29 is 18.0 Å². The first kappa shape index (κ1) is 23.4. The second kappa shape index (κ2) is 9.48. The molecule has 2 aromatic carbocycles. The molecular formula is C21H13ClF3N7O. The van der Waals surface area contributed by atoms with E-state index in [0.717, 1.165) is 16.8 Å². The molecule has 8 nitrogen and oxygen atoms in total. The first-order valence-electron chi connectivity index (χ1n) is 9.15. The Morgan fingerprint density at radius 3 is 2.70 bits per heavy atom. The molecule has 1 N–H and O–H groups in total. The Morgan fingerprint density at radius 1 is 1.30 bits per heavy atom. The summed E-state index contributed by atoms with van der Waals surface area (Å²) in [5.74, 6) is -0.766. The minimum Gasteiger partial charge on any atom is -0.321 e. The van der Waals surface area contributed by atoms with Crippen molar-refractivity contribution in [2.24, 2.45) is 5.11 Å². The maximum absolute atomic E-state index is 13.0. The Kier molecular flexibility index (Phi) is 6.72. The van der Waals surface area contributed by atoms with Crippen LogP contribution in [0.5, 0.6) is 0 Å². The normalized spacial score (nSPS) is 11.5. The number of alkyl halides is 3. The molecule has 3 aromatic rings. The largest absolute Gasteiger partial charge is 0.416 e. The van der Waals surface area contributed by atoms with E-state index in [1.54, 1.807) is 12.1 Å². The molecule has 0 fully saturated rings. The van der Waals surface area contributed by atoms with Crippen LogP contribution in [0.15, 0.2) is 59.2 Å². The molecule has 0 atom stereocenters. The summed E-state index contributed by atoms with van der Waals surface area (Å²) in [5.41, 5.74) is 8.43. The zero-order valence-electron chi connectivity index (χ0n) is 16.8. The standard InChI is InChI=1S/C21H13ClF3N7O/c1-12-18(19(22)32(30-12)17-7-2-4-14(9-17)21(23,24)25)8-13(11-26)20(33)28-15-5-3-6-16(10-15)29-31-27/h2-10H,1H3,(H,28,33)/b13-8+. The molecule has 0 unspecified atom stereocenters. The number of hydrogen-bond donors (Lipinski definition) is 1. The van der Waals surface area contributed by atoms with Gasteiger partial charge in [0.2, 0.25) is 0 Å². The van der Waals surface area contributed by atoms with Gasteiger partial charge in [0, 0.05) is 21.8 Å². The van der Waals surface area contributed by atoms with E-state index in [2.05, 4.69) is 20.4 Å². The second-order valence-corrected chi connectivity index (χ2v) is 6.97. The Morgan fingerprint density at radius 2 is 2.03 bits per heavy atom. The number of carbonyl (C=O) groups is 1. The highest BCUT2D eigenvalue weighted by molar-refractivity contribution is 6.31. The van der Waals surface area contributed by atoms with E-state index in [1.807, 2.05) is 0 Å². The first-order valence-corrected chi connectivity index (χ1v) is 9.53. The highest BCUT2D eigenvalue weighted by Crippen LogP contribution is 2.32. The van der Waals surface area contributed by atoms with Gasteiger partial charge in [0.05, 0.1) is 16.9 Å². The average Bonchev–Trinajstić information content (AvgIpc) is 3.05. The molecule has 166 valence electrons. The number of rotatable bonds is 5. The van der Waals surface area contributed by atoms with Gasteiger partial charge in [-0.1, -0.05) is 34.9 Å². The number of hydrogen-bond acceptors (Lipinski definition) is 4. The molecule has 0 aliphatic heterocycles. The fraction of sp³-hybridized carbons (Fsp3) is 0.0952. The fourth-order valence-corrected chi connectivity index (χ4v) is 3.18. The van der Waals surface area contributed by atoms with Crippen molar-refractivity contribution in [1.29, 1.82) is 5.26 Å². The summed E-state index contributed by atoms with van der Waals surface area (Å²) in [7, 11) is 0. The topological polar surface area (TPSA) is 119 Å². The van der Waals surface area contributed by atoms with Crippen LogP contribution in [0, 0.1) is 18.3 Å². The third-order valence-corrected chi connectivity index (χ3v) is 4.75. The number of halogens is 4. The molecule has 0 aliphatic rings. The zero-order valence-corrected chi connectivity index (χ0v) is 17.6. The number of anilines is 1. The smallest absolute Gasteiger partial charge is 0.321 e. The lowest BCUT2D eigenvalue weighted by atomic mass is 10.1. The van der Waals surface area contributed by atoms with Crippen LogP contribution in [0.4, 0.5) is 24.5 Å². The van der Waals surface area contributed by atoms with E-state index >= 15 is 0 Å². The zero-order chi connectivity index (χ0) is 24.2. The van der Waals surface area contributed by atoms with Crippen molar-refractivity contribution in [3.8, 4) is 11.8 Å². The van der Waals surface area contributed by atoms with Crippen molar-refractivity contribution in [3.63, 3.8) is 0 Å². The quantitative estimate of drug-likeness (QED) is 0.154. The van der Waals surface area contributed by atoms with E-state index in [1.165, 1.54) is 43.3 Å². The van der Waals surface area contributed by atoms with Crippen LogP contribution in [0.1, 0.15) is 16.8 Å². The van der Waals surface area contributed by atoms with Crippen molar-refractivity contribution >= 4 is 35.0 Å². The summed E-state index contributed by atoms with van der Waals surface area (Å²) >= 11 is 6.34. The van der Waals surface area contributed by atoms with Crippen LogP contribution in [0.2, 0.25) is 5.15 Å². The van der Waals surface area contributed by atoms with Crippen LogP contribution >= 0.6 is 11.6 Å².